The van der Waals surface area contributed by atoms with Crippen molar-refractivity contribution in [1.29, 1.82) is 0 Å². The number of nitrogens with zero attached hydrogens (tertiary/aromatic N) is 4. The minimum absolute atomic E-state index is 0.0223. The first-order valence-electron chi connectivity index (χ1n) is 8.60. The molecular formula is C18H25N5O3. The quantitative estimate of drug-likeness (QED) is 0.761. The van der Waals surface area contributed by atoms with Gasteiger partial charge in [-0.05, 0) is 51.5 Å². The van der Waals surface area contributed by atoms with E-state index in [9.17, 15) is 9.59 Å². The lowest BCUT2D eigenvalue weighted by Gasteiger charge is -2.24. The molecule has 0 unspecified atom stereocenters. The molecule has 0 atom stereocenters. The lowest BCUT2D eigenvalue weighted by atomic mass is 10.0. The number of hydrogen-bond acceptors (Lipinski definition) is 6. The third-order valence-corrected chi connectivity index (χ3v) is 3.80. The van der Waals surface area contributed by atoms with Crippen LogP contribution < -0.4 is 5.32 Å². The van der Waals surface area contributed by atoms with Crippen LogP contribution >= 0.6 is 0 Å². The molecule has 0 aliphatic rings. The first-order valence-corrected chi connectivity index (χ1v) is 8.60. The first-order chi connectivity index (χ1) is 12.2. The molecule has 0 saturated carbocycles. The lowest BCUT2D eigenvalue weighted by molar-refractivity contribution is -0.123. The van der Waals surface area contributed by atoms with Gasteiger partial charge in [-0.1, -0.05) is 19.1 Å². The monoisotopic (exact) mass is 359 g/mol. The number of carbonyl (C=O) groups is 2. The third kappa shape index (κ3) is 5.37. The van der Waals surface area contributed by atoms with E-state index >= 15 is 0 Å². The minimum atomic E-state index is -0.407. The van der Waals surface area contributed by atoms with Crippen LogP contribution in [-0.4, -0.2) is 43.7 Å². The minimum Gasteiger partial charge on any atom is -0.459 e. The fourth-order valence-electron chi connectivity index (χ4n) is 2.13. The van der Waals surface area contributed by atoms with Crippen LogP contribution in [0.4, 0.5) is 0 Å². The van der Waals surface area contributed by atoms with Crippen LogP contribution in [0, 0.1) is 0 Å². The number of esters is 1. The van der Waals surface area contributed by atoms with Crippen molar-refractivity contribution >= 4 is 11.9 Å². The maximum Gasteiger partial charge on any atom is 0.338 e. The Morgan fingerprint density at radius 2 is 2.04 bits per heavy atom. The van der Waals surface area contributed by atoms with E-state index in [2.05, 4.69) is 20.7 Å². The van der Waals surface area contributed by atoms with Gasteiger partial charge in [-0.3, -0.25) is 4.79 Å². The van der Waals surface area contributed by atoms with E-state index in [-0.39, 0.29) is 24.1 Å². The number of amides is 1. The molecule has 0 fully saturated rings. The summed E-state index contributed by atoms with van der Waals surface area (Å²) >= 11 is 0. The average molecular weight is 359 g/mol. The highest BCUT2D eigenvalue weighted by Crippen LogP contribution is 2.16. The number of nitrogens with one attached hydrogen (secondary N) is 1. The smallest absolute Gasteiger partial charge is 0.338 e. The largest absolute Gasteiger partial charge is 0.459 e. The van der Waals surface area contributed by atoms with Crippen LogP contribution in [0.3, 0.4) is 0 Å². The number of aromatic nitrogens is 4. The summed E-state index contributed by atoms with van der Waals surface area (Å²) in [5, 5.41) is 15.0. The van der Waals surface area contributed by atoms with E-state index in [0.29, 0.717) is 17.0 Å². The number of hydrogen-bond donors (Lipinski definition) is 1. The van der Waals surface area contributed by atoms with E-state index in [1.165, 1.54) is 4.80 Å². The van der Waals surface area contributed by atoms with Gasteiger partial charge in [0.25, 0.3) is 0 Å². The van der Waals surface area contributed by atoms with Gasteiger partial charge in [0, 0.05) is 11.1 Å². The fourth-order valence-corrected chi connectivity index (χ4v) is 2.13. The molecular weight excluding hydrogens is 334 g/mol. The first kappa shape index (κ1) is 19.6. The summed E-state index contributed by atoms with van der Waals surface area (Å²) < 4.78 is 5.19. The average Bonchev–Trinajstić information content (AvgIpc) is 3.02. The second kappa shape index (κ2) is 8.07. The Morgan fingerprint density at radius 1 is 1.31 bits per heavy atom. The van der Waals surface area contributed by atoms with Crippen LogP contribution in [0.1, 0.15) is 51.4 Å². The zero-order chi connectivity index (χ0) is 19.3. The zero-order valence-electron chi connectivity index (χ0n) is 15.8. The Kier molecular flexibility index (Phi) is 6.07. The van der Waals surface area contributed by atoms with Crippen molar-refractivity contribution in [3.05, 3.63) is 29.8 Å². The lowest BCUT2D eigenvalue weighted by Crippen LogP contribution is -2.44. The summed E-state index contributed by atoms with van der Waals surface area (Å²) in [6.07, 6.45) is 0.615. The molecule has 1 aromatic carbocycles. The van der Waals surface area contributed by atoms with Crippen molar-refractivity contribution in [1.82, 2.24) is 25.5 Å². The molecule has 0 aliphatic carbocycles. The van der Waals surface area contributed by atoms with E-state index in [0.717, 1.165) is 6.42 Å². The maximum atomic E-state index is 12.1. The Bertz CT molecular complexity index is 783. The molecule has 8 heteroatoms. The predicted octanol–water partition coefficient (Wildman–Crippen LogP) is 2.21. The number of rotatable bonds is 7. The van der Waals surface area contributed by atoms with Gasteiger partial charge < -0.3 is 10.1 Å². The molecule has 140 valence electrons. The summed E-state index contributed by atoms with van der Waals surface area (Å²) in [6.45, 7) is 9.47. The molecule has 1 aromatic heterocycles. The molecule has 2 aromatic rings. The Balaban J connectivity index is 2.10. The zero-order valence-corrected chi connectivity index (χ0v) is 15.8. The summed E-state index contributed by atoms with van der Waals surface area (Å²) in [5.41, 5.74) is 0.754. The van der Waals surface area contributed by atoms with Gasteiger partial charge in [0.05, 0.1) is 11.7 Å². The van der Waals surface area contributed by atoms with Crippen LogP contribution in [0.5, 0.6) is 0 Å². The number of carbonyl (C=O) groups excluding carboxylic acids is 2. The third-order valence-electron chi connectivity index (χ3n) is 3.80. The number of tetrazole rings is 1. The molecule has 0 saturated heterocycles. The van der Waals surface area contributed by atoms with Crippen molar-refractivity contribution in [2.24, 2.45) is 0 Å². The van der Waals surface area contributed by atoms with Crippen molar-refractivity contribution in [2.45, 2.75) is 59.2 Å². The number of benzene rings is 1. The van der Waals surface area contributed by atoms with Crippen LogP contribution in [0.15, 0.2) is 24.3 Å². The molecule has 26 heavy (non-hydrogen) atoms. The Hall–Kier alpha value is -2.77. The highest BCUT2D eigenvalue weighted by Gasteiger charge is 2.19. The predicted molar refractivity (Wildman–Crippen MR) is 96.3 cm³/mol. The maximum absolute atomic E-state index is 12.1. The van der Waals surface area contributed by atoms with Gasteiger partial charge in [0.2, 0.25) is 11.7 Å². The second-order valence-electron chi connectivity index (χ2n) is 6.96. The number of ether oxygens (including phenoxy) is 1. The Labute approximate surface area is 152 Å². The van der Waals surface area contributed by atoms with Crippen molar-refractivity contribution in [3.63, 3.8) is 0 Å². The van der Waals surface area contributed by atoms with Gasteiger partial charge in [0.15, 0.2) is 0 Å². The van der Waals surface area contributed by atoms with Crippen LogP contribution in [0.25, 0.3) is 11.4 Å². The van der Waals surface area contributed by atoms with Gasteiger partial charge in [-0.2, -0.15) is 4.80 Å². The molecule has 1 heterocycles. The van der Waals surface area contributed by atoms with Crippen LogP contribution in [0.2, 0.25) is 0 Å². The van der Waals surface area contributed by atoms with E-state index in [4.69, 9.17) is 4.74 Å². The van der Waals surface area contributed by atoms with Gasteiger partial charge in [0.1, 0.15) is 6.54 Å². The SMILES string of the molecule is CCC(C)(C)NC(=O)Cn1nnc(-c2cccc(C(=O)OC(C)C)c2)n1. The summed E-state index contributed by atoms with van der Waals surface area (Å²) in [7, 11) is 0. The molecule has 2 rings (SSSR count). The van der Waals surface area contributed by atoms with Crippen molar-refractivity contribution in [2.75, 3.05) is 0 Å². The fraction of sp³-hybridized carbons (Fsp3) is 0.500. The highest BCUT2D eigenvalue weighted by atomic mass is 16.5. The van der Waals surface area contributed by atoms with E-state index in [1.807, 2.05) is 20.8 Å². The van der Waals surface area contributed by atoms with Gasteiger partial charge in [-0.15, -0.1) is 10.2 Å². The summed E-state index contributed by atoms with van der Waals surface area (Å²) in [5.74, 6) is -0.253. The van der Waals surface area contributed by atoms with Crippen molar-refractivity contribution in [3.8, 4) is 11.4 Å². The topological polar surface area (TPSA) is 99.0 Å². The highest BCUT2D eigenvalue weighted by molar-refractivity contribution is 5.90. The van der Waals surface area contributed by atoms with Crippen molar-refractivity contribution < 1.29 is 14.3 Å². The summed E-state index contributed by atoms with van der Waals surface area (Å²) in [4.78, 5) is 25.3. The van der Waals surface area contributed by atoms with Crippen LogP contribution in [-0.2, 0) is 16.1 Å². The molecule has 0 spiro atoms. The molecule has 0 bridgehead atoms. The molecule has 0 radical (unpaired) electrons. The molecule has 0 aliphatic heterocycles. The Morgan fingerprint density at radius 3 is 2.69 bits per heavy atom. The molecule has 8 nitrogen and oxygen atoms in total. The van der Waals surface area contributed by atoms with E-state index < -0.39 is 5.97 Å². The van der Waals surface area contributed by atoms with E-state index in [1.54, 1.807) is 38.1 Å². The van der Waals surface area contributed by atoms with Gasteiger partial charge >= 0.3 is 5.97 Å². The molecule has 1 amide bonds. The standard InChI is InChI=1S/C18H25N5O3/c1-6-18(4,5)19-15(24)11-23-21-16(20-22-23)13-8-7-9-14(10-13)17(25)26-12(2)3/h7-10,12H,6,11H2,1-5H3,(H,19,24). The molecule has 1 N–H and O–H groups in total. The normalized spacial score (nSPS) is 11.5. The van der Waals surface area contributed by atoms with Gasteiger partial charge in [-0.25, -0.2) is 4.79 Å². The summed E-state index contributed by atoms with van der Waals surface area (Å²) in [6, 6.07) is 6.81. The second-order valence-corrected chi connectivity index (χ2v) is 6.96.